The number of aromatic nitrogens is 4. The Kier molecular flexibility index (Phi) is 5.75. The predicted molar refractivity (Wildman–Crippen MR) is 114 cm³/mol. The lowest BCUT2D eigenvalue weighted by Crippen LogP contribution is -2.24. The van der Waals surface area contributed by atoms with E-state index in [1.807, 2.05) is 73.7 Å². The number of nitrogens with zero attached hydrogens (tertiary/aromatic N) is 5. The Morgan fingerprint density at radius 1 is 1.10 bits per heavy atom. The zero-order valence-electron chi connectivity index (χ0n) is 16.4. The maximum Gasteiger partial charge on any atom is 0.263 e. The molecule has 0 aliphatic rings. The third-order valence-corrected chi connectivity index (χ3v) is 4.38. The van der Waals surface area contributed by atoms with Gasteiger partial charge in [0.25, 0.3) is 5.91 Å². The van der Waals surface area contributed by atoms with E-state index in [0.717, 1.165) is 21.9 Å². The van der Waals surface area contributed by atoms with Crippen molar-refractivity contribution in [2.75, 3.05) is 6.61 Å². The van der Waals surface area contributed by atoms with Gasteiger partial charge >= 0.3 is 0 Å². The van der Waals surface area contributed by atoms with Gasteiger partial charge in [0.1, 0.15) is 12.3 Å². The molecular weight excluding hydrogens is 380 g/mol. The van der Waals surface area contributed by atoms with Crippen LogP contribution in [0.1, 0.15) is 12.5 Å². The van der Waals surface area contributed by atoms with Gasteiger partial charge in [-0.15, -0.1) is 10.2 Å². The Morgan fingerprint density at radius 2 is 1.90 bits per heavy atom. The third-order valence-electron chi connectivity index (χ3n) is 4.38. The van der Waals surface area contributed by atoms with Crippen molar-refractivity contribution in [2.24, 2.45) is 5.10 Å². The number of benzene rings is 3. The Bertz CT molecular complexity index is 1190. The highest BCUT2D eigenvalue weighted by atomic mass is 16.5. The van der Waals surface area contributed by atoms with E-state index in [1.165, 1.54) is 4.80 Å². The number of ether oxygens (including phenoxy) is 1. The molecule has 8 heteroatoms. The number of hydrogen-bond donors (Lipinski definition) is 1. The SMILES string of the molecule is CCOc1ccc2ccccc2c1C=NNC(=O)Cn1nnc(-c2ccccc2)n1. The molecule has 0 aliphatic heterocycles. The number of carbonyl (C=O) groups is 1. The van der Waals surface area contributed by atoms with E-state index in [4.69, 9.17) is 4.74 Å². The number of hydrogen-bond acceptors (Lipinski definition) is 6. The average molecular weight is 400 g/mol. The summed E-state index contributed by atoms with van der Waals surface area (Å²) in [6.07, 6.45) is 1.59. The fourth-order valence-corrected chi connectivity index (χ4v) is 3.04. The van der Waals surface area contributed by atoms with E-state index < -0.39 is 0 Å². The molecule has 1 N–H and O–H groups in total. The predicted octanol–water partition coefficient (Wildman–Crippen LogP) is 3.04. The van der Waals surface area contributed by atoms with Gasteiger partial charge in [-0.3, -0.25) is 4.79 Å². The Labute approximate surface area is 173 Å². The van der Waals surface area contributed by atoms with Crippen LogP contribution in [0.4, 0.5) is 0 Å². The van der Waals surface area contributed by atoms with Crippen molar-refractivity contribution in [3.63, 3.8) is 0 Å². The molecule has 0 atom stereocenters. The molecule has 30 heavy (non-hydrogen) atoms. The molecule has 0 radical (unpaired) electrons. The Hall–Kier alpha value is -4.07. The summed E-state index contributed by atoms with van der Waals surface area (Å²) in [4.78, 5) is 13.5. The molecule has 1 heterocycles. The monoisotopic (exact) mass is 400 g/mol. The second-order valence-corrected chi connectivity index (χ2v) is 6.43. The van der Waals surface area contributed by atoms with E-state index in [0.29, 0.717) is 18.2 Å². The first-order chi connectivity index (χ1) is 14.7. The van der Waals surface area contributed by atoms with Gasteiger partial charge in [-0.25, -0.2) is 5.43 Å². The molecule has 0 unspecified atom stereocenters. The van der Waals surface area contributed by atoms with Gasteiger partial charge in [0.15, 0.2) is 0 Å². The van der Waals surface area contributed by atoms with E-state index in [9.17, 15) is 4.79 Å². The van der Waals surface area contributed by atoms with Gasteiger partial charge in [0.2, 0.25) is 5.82 Å². The maximum atomic E-state index is 12.2. The molecule has 4 rings (SSSR count). The lowest BCUT2D eigenvalue weighted by molar-refractivity contribution is -0.122. The fraction of sp³-hybridized carbons (Fsp3) is 0.136. The Balaban J connectivity index is 1.45. The molecule has 4 aromatic rings. The number of tetrazole rings is 1. The molecule has 1 amide bonds. The minimum Gasteiger partial charge on any atom is -0.493 e. The summed E-state index contributed by atoms with van der Waals surface area (Å²) in [7, 11) is 0. The van der Waals surface area contributed by atoms with Crippen LogP contribution in [-0.2, 0) is 11.3 Å². The maximum absolute atomic E-state index is 12.2. The van der Waals surface area contributed by atoms with Gasteiger partial charge in [0.05, 0.1) is 12.8 Å². The zero-order chi connectivity index (χ0) is 20.8. The van der Waals surface area contributed by atoms with Gasteiger partial charge in [-0.1, -0.05) is 60.7 Å². The molecule has 8 nitrogen and oxygen atoms in total. The van der Waals surface area contributed by atoms with Crippen LogP contribution < -0.4 is 10.2 Å². The van der Waals surface area contributed by atoms with Gasteiger partial charge in [0, 0.05) is 11.1 Å². The van der Waals surface area contributed by atoms with Crippen LogP contribution in [0.15, 0.2) is 71.8 Å². The summed E-state index contributed by atoms with van der Waals surface area (Å²) in [5, 5.41) is 18.3. The Morgan fingerprint density at radius 3 is 2.73 bits per heavy atom. The van der Waals surface area contributed by atoms with Crippen LogP contribution in [0, 0.1) is 0 Å². The number of amides is 1. The molecule has 0 bridgehead atoms. The molecule has 0 saturated carbocycles. The molecule has 1 aromatic heterocycles. The second-order valence-electron chi connectivity index (χ2n) is 6.43. The normalized spacial score (nSPS) is 11.1. The van der Waals surface area contributed by atoms with Crippen molar-refractivity contribution in [1.82, 2.24) is 25.6 Å². The number of rotatable bonds is 7. The average Bonchev–Trinajstić information content (AvgIpc) is 3.24. The van der Waals surface area contributed by atoms with Crippen molar-refractivity contribution in [3.05, 3.63) is 72.3 Å². The molecule has 0 fully saturated rings. The standard InChI is InChI=1S/C22H20N6O2/c1-2-30-20-13-12-16-8-6-7-11-18(16)19(20)14-23-24-21(29)15-28-26-22(25-27-28)17-9-4-3-5-10-17/h3-14H,2,15H2,1H3,(H,24,29). The topological polar surface area (TPSA) is 94.3 Å². The van der Waals surface area contributed by atoms with E-state index >= 15 is 0 Å². The highest BCUT2D eigenvalue weighted by Crippen LogP contribution is 2.26. The highest BCUT2D eigenvalue weighted by Gasteiger charge is 2.10. The number of hydrazone groups is 1. The summed E-state index contributed by atoms with van der Waals surface area (Å²) < 4.78 is 5.71. The van der Waals surface area contributed by atoms with Crippen LogP contribution in [0.5, 0.6) is 5.75 Å². The number of carbonyl (C=O) groups excluding carboxylic acids is 1. The fourth-order valence-electron chi connectivity index (χ4n) is 3.04. The lowest BCUT2D eigenvalue weighted by atomic mass is 10.0. The second kappa shape index (κ2) is 8.95. The lowest BCUT2D eigenvalue weighted by Gasteiger charge is -2.10. The summed E-state index contributed by atoms with van der Waals surface area (Å²) in [5.74, 6) is 0.810. The molecule has 0 aliphatic carbocycles. The van der Waals surface area contributed by atoms with Crippen LogP contribution in [0.25, 0.3) is 22.2 Å². The summed E-state index contributed by atoms with van der Waals surface area (Å²) in [6.45, 7) is 2.37. The molecule has 0 saturated heterocycles. The van der Waals surface area contributed by atoms with Crippen molar-refractivity contribution >= 4 is 22.9 Å². The first kappa shape index (κ1) is 19.3. The minimum absolute atomic E-state index is 0.0922. The zero-order valence-corrected chi connectivity index (χ0v) is 16.4. The molecule has 3 aromatic carbocycles. The third kappa shape index (κ3) is 4.33. The van der Waals surface area contributed by atoms with Gasteiger partial charge < -0.3 is 4.74 Å². The highest BCUT2D eigenvalue weighted by molar-refractivity contribution is 6.02. The van der Waals surface area contributed by atoms with Gasteiger partial charge in [-0.2, -0.15) is 9.90 Å². The smallest absolute Gasteiger partial charge is 0.263 e. The summed E-state index contributed by atoms with van der Waals surface area (Å²) >= 11 is 0. The van der Waals surface area contributed by atoms with Crippen molar-refractivity contribution in [2.45, 2.75) is 13.5 Å². The summed E-state index contributed by atoms with van der Waals surface area (Å²) in [6, 6.07) is 21.3. The quantitative estimate of drug-likeness (QED) is 0.380. The van der Waals surface area contributed by atoms with Crippen LogP contribution in [0.2, 0.25) is 0 Å². The minimum atomic E-state index is -0.360. The first-order valence-electron chi connectivity index (χ1n) is 9.54. The van der Waals surface area contributed by atoms with Crippen LogP contribution >= 0.6 is 0 Å². The summed E-state index contributed by atoms with van der Waals surface area (Å²) in [5.41, 5.74) is 4.15. The number of fused-ring (bicyclic) bond motifs is 1. The van der Waals surface area contributed by atoms with Crippen molar-refractivity contribution in [3.8, 4) is 17.1 Å². The molecule has 150 valence electrons. The van der Waals surface area contributed by atoms with Crippen molar-refractivity contribution in [1.29, 1.82) is 0 Å². The van der Waals surface area contributed by atoms with Crippen LogP contribution in [0.3, 0.4) is 0 Å². The molecular formula is C22H20N6O2. The molecule has 0 spiro atoms. The van der Waals surface area contributed by atoms with Gasteiger partial charge in [-0.05, 0) is 29.0 Å². The van der Waals surface area contributed by atoms with E-state index in [-0.39, 0.29) is 12.5 Å². The van der Waals surface area contributed by atoms with Crippen LogP contribution in [-0.4, -0.2) is 38.9 Å². The van der Waals surface area contributed by atoms with E-state index in [2.05, 4.69) is 25.9 Å². The van der Waals surface area contributed by atoms with E-state index in [1.54, 1.807) is 6.21 Å². The largest absolute Gasteiger partial charge is 0.493 e. The van der Waals surface area contributed by atoms with Crippen molar-refractivity contribution < 1.29 is 9.53 Å². The first-order valence-corrected chi connectivity index (χ1v) is 9.54. The number of nitrogens with one attached hydrogen (secondary N) is 1.